The third-order valence-corrected chi connectivity index (χ3v) is 5.68. The van der Waals surface area contributed by atoms with Crippen LogP contribution in [0.15, 0.2) is 21.6 Å². The fourth-order valence-corrected chi connectivity index (χ4v) is 4.05. The predicted octanol–water partition coefficient (Wildman–Crippen LogP) is 4.01. The quantitative estimate of drug-likeness (QED) is 0.919. The van der Waals surface area contributed by atoms with Crippen molar-refractivity contribution < 1.29 is 12.9 Å². The molecule has 0 bridgehead atoms. The Morgan fingerprint density at radius 1 is 1.00 bits per heavy atom. The maximum atomic E-state index is 12.8. The fourth-order valence-electron chi connectivity index (χ4n) is 2.45. The van der Waals surface area contributed by atoms with Gasteiger partial charge in [0.1, 0.15) is 5.76 Å². The van der Waals surface area contributed by atoms with Crippen LogP contribution in [-0.4, -0.2) is 13.6 Å². The zero-order valence-electron chi connectivity index (χ0n) is 14.7. The fraction of sp³-hybridized carbons (Fsp3) is 0.471. The number of aryl methyl sites for hydroxylation is 2. The molecule has 1 N–H and O–H groups in total. The minimum Gasteiger partial charge on any atom is -0.359 e. The maximum Gasteiger partial charge on any atom is 0.263 e. The Balaban J connectivity index is 2.47. The highest BCUT2D eigenvalue weighted by atomic mass is 32.2. The van der Waals surface area contributed by atoms with Crippen LogP contribution in [0.25, 0.3) is 0 Å². The number of hydrogen-bond acceptors (Lipinski definition) is 4. The van der Waals surface area contributed by atoms with Gasteiger partial charge in [-0.15, -0.1) is 0 Å². The lowest BCUT2D eigenvalue weighted by Gasteiger charge is -2.15. The average molecular weight is 336 g/mol. The molecule has 126 valence electrons. The van der Waals surface area contributed by atoms with Gasteiger partial charge in [-0.1, -0.05) is 32.0 Å². The predicted molar refractivity (Wildman–Crippen MR) is 91.4 cm³/mol. The third kappa shape index (κ3) is 3.42. The lowest BCUT2D eigenvalue weighted by molar-refractivity contribution is 0.331. The van der Waals surface area contributed by atoms with Crippen molar-refractivity contribution in [1.82, 2.24) is 5.16 Å². The molecule has 0 atom stereocenters. The summed E-state index contributed by atoms with van der Waals surface area (Å²) >= 11 is 0. The van der Waals surface area contributed by atoms with Gasteiger partial charge in [0.15, 0.2) is 5.82 Å². The van der Waals surface area contributed by atoms with Crippen molar-refractivity contribution in [2.24, 2.45) is 0 Å². The van der Waals surface area contributed by atoms with E-state index in [1.807, 2.05) is 54.5 Å². The molecule has 2 rings (SSSR count). The monoisotopic (exact) mass is 336 g/mol. The number of sulfonamides is 1. The van der Waals surface area contributed by atoms with Gasteiger partial charge in [0, 0.05) is 11.5 Å². The molecule has 0 aliphatic heterocycles. The first-order valence-corrected chi connectivity index (χ1v) is 8.99. The van der Waals surface area contributed by atoms with Gasteiger partial charge in [-0.3, -0.25) is 4.72 Å². The molecule has 0 radical (unpaired) electrons. The van der Waals surface area contributed by atoms with Crippen molar-refractivity contribution in [2.45, 2.75) is 58.8 Å². The van der Waals surface area contributed by atoms with Crippen LogP contribution in [0.3, 0.4) is 0 Å². The summed E-state index contributed by atoms with van der Waals surface area (Å²) < 4.78 is 33.4. The van der Waals surface area contributed by atoms with Gasteiger partial charge >= 0.3 is 0 Å². The van der Waals surface area contributed by atoms with Gasteiger partial charge in [-0.2, -0.15) is 0 Å². The standard InChI is InChI=1S/C17H24N2O3S/c1-10-8-11(2)13(4)16(12(10)3)23(20,21)19-15-9-14(22-18-15)17(5,6)7/h8-9H,1-7H3,(H,18,19). The second-order valence-corrected chi connectivity index (χ2v) is 8.64. The average Bonchev–Trinajstić information content (AvgIpc) is 2.84. The van der Waals surface area contributed by atoms with Gasteiger partial charge in [0.2, 0.25) is 0 Å². The molecular weight excluding hydrogens is 312 g/mol. The number of rotatable bonds is 3. The number of nitrogens with one attached hydrogen (secondary N) is 1. The van der Waals surface area contributed by atoms with Crippen LogP contribution in [0.1, 0.15) is 48.8 Å². The highest BCUT2D eigenvalue weighted by Gasteiger charge is 2.25. The zero-order chi connectivity index (χ0) is 17.6. The van der Waals surface area contributed by atoms with Gasteiger partial charge in [-0.25, -0.2) is 8.42 Å². The van der Waals surface area contributed by atoms with Gasteiger partial charge in [0.05, 0.1) is 4.90 Å². The molecule has 2 aromatic rings. The minimum atomic E-state index is -3.72. The summed E-state index contributed by atoms with van der Waals surface area (Å²) in [6.45, 7) is 13.4. The Kier molecular flexibility index (Phi) is 4.32. The minimum absolute atomic E-state index is 0.202. The molecule has 0 aliphatic rings. The van der Waals surface area contributed by atoms with E-state index in [0.717, 1.165) is 22.3 Å². The van der Waals surface area contributed by atoms with Crippen molar-refractivity contribution in [1.29, 1.82) is 0 Å². The first-order chi connectivity index (χ1) is 10.4. The number of benzene rings is 1. The second-order valence-electron chi connectivity index (χ2n) is 7.02. The van der Waals surface area contributed by atoms with Crippen LogP contribution >= 0.6 is 0 Å². The Morgan fingerprint density at radius 3 is 1.96 bits per heavy atom. The Hall–Kier alpha value is -1.82. The van der Waals surface area contributed by atoms with Gasteiger partial charge < -0.3 is 4.52 Å². The van der Waals surface area contributed by atoms with E-state index in [-0.39, 0.29) is 11.2 Å². The van der Waals surface area contributed by atoms with E-state index in [1.54, 1.807) is 6.07 Å². The van der Waals surface area contributed by atoms with Crippen LogP contribution < -0.4 is 4.72 Å². The lowest BCUT2D eigenvalue weighted by atomic mass is 9.93. The van der Waals surface area contributed by atoms with Crippen molar-refractivity contribution in [3.05, 3.63) is 40.1 Å². The maximum absolute atomic E-state index is 12.8. The summed E-state index contributed by atoms with van der Waals surface area (Å²) in [5.74, 6) is 0.831. The molecule has 0 spiro atoms. The summed E-state index contributed by atoms with van der Waals surface area (Å²) in [7, 11) is -3.72. The summed E-state index contributed by atoms with van der Waals surface area (Å²) in [5, 5.41) is 3.83. The molecule has 5 nitrogen and oxygen atoms in total. The first kappa shape index (κ1) is 17.5. The Bertz CT molecular complexity index is 817. The zero-order valence-corrected chi connectivity index (χ0v) is 15.6. The van der Waals surface area contributed by atoms with Crippen LogP contribution in [0.2, 0.25) is 0 Å². The largest absolute Gasteiger partial charge is 0.359 e. The van der Waals surface area contributed by atoms with E-state index in [2.05, 4.69) is 9.88 Å². The number of nitrogens with zero attached hydrogens (tertiary/aromatic N) is 1. The SMILES string of the molecule is Cc1cc(C)c(C)c(S(=O)(=O)Nc2cc(C(C)(C)C)on2)c1C. The van der Waals surface area contributed by atoms with Crippen LogP contribution in [0, 0.1) is 27.7 Å². The molecule has 0 saturated heterocycles. The van der Waals surface area contributed by atoms with E-state index in [9.17, 15) is 8.42 Å². The Morgan fingerprint density at radius 2 is 1.52 bits per heavy atom. The molecule has 0 amide bonds. The second kappa shape index (κ2) is 5.67. The summed E-state index contributed by atoms with van der Waals surface area (Å²) in [5.41, 5.74) is 3.16. The molecule has 0 fully saturated rings. The highest BCUT2D eigenvalue weighted by Crippen LogP contribution is 2.29. The number of hydrogen-bond donors (Lipinski definition) is 1. The first-order valence-electron chi connectivity index (χ1n) is 7.51. The molecule has 0 saturated carbocycles. The molecule has 23 heavy (non-hydrogen) atoms. The van der Waals surface area contributed by atoms with Crippen LogP contribution in [0.4, 0.5) is 5.82 Å². The van der Waals surface area contributed by atoms with E-state index in [4.69, 9.17) is 4.52 Å². The number of anilines is 1. The van der Waals surface area contributed by atoms with Gasteiger partial charge in [0.25, 0.3) is 10.0 Å². The molecule has 1 heterocycles. The van der Waals surface area contributed by atoms with E-state index in [1.165, 1.54) is 0 Å². The highest BCUT2D eigenvalue weighted by molar-refractivity contribution is 7.92. The molecule has 0 unspecified atom stereocenters. The molecular formula is C17H24N2O3S. The van der Waals surface area contributed by atoms with Crippen molar-refractivity contribution in [2.75, 3.05) is 4.72 Å². The summed E-state index contributed by atoms with van der Waals surface area (Å²) in [6.07, 6.45) is 0. The van der Waals surface area contributed by atoms with E-state index >= 15 is 0 Å². The van der Waals surface area contributed by atoms with Gasteiger partial charge in [-0.05, 0) is 49.9 Å². The van der Waals surface area contributed by atoms with Crippen molar-refractivity contribution >= 4 is 15.8 Å². The third-order valence-electron chi connectivity index (χ3n) is 4.05. The van der Waals surface area contributed by atoms with Crippen molar-refractivity contribution in [3.8, 4) is 0 Å². The number of aromatic nitrogens is 1. The summed E-state index contributed by atoms with van der Waals surface area (Å²) in [6, 6.07) is 3.63. The van der Waals surface area contributed by atoms with Crippen LogP contribution in [-0.2, 0) is 15.4 Å². The van der Waals surface area contributed by atoms with Crippen molar-refractivity contribution in [3.63, 3.8) is 0 Å². The smallest absolute Gasteiger partial charge is 0.263 e. The Labute approximate surface area is 138 Å². The lowest BCUT2D eigenvalue weighted by Crippen LogP contribution is -2.17. The topological polar surface area (TPSA) is 72.2 Å². The normalized spacial score (nSPS) is 12.5. The molecule has 6 heteroatoms. The molecule has 1 aromatic carbocycles. The summed E-state index contributed by atoms with van der Waals surface area (Å²) in [4.78, 5) is 0.315. The van der Waals surface area contributed by atoms with E-state index in [0.29, 0.717) is 10.7 Å². The molecule has 1 aromatic heterocycles. The molecule has 0 aliphatic carbocycles. The van der Waals surface area contributed by atoms with Crippen LogP contribution in [0.5, 0.6) is 0 Å². The van der Waals surface area contributed by atoms with E-state index < -0.39 is 10.0 Å².